The standard InChI is InChI=1S/C17H28N4/c1-21(2)13-15-9-7-6-8-14(15)12-19-17(18)20-16-10-4-3-5-11-16/h6-9,16H,3-5,10-13H2,1-2H3,(H3,18,19,20). The predicted octanol–water partition coefficient (Wildman–Crippen LogP) is 2.49. The van der Waals surface area contributed by atoms with Crippen molar-refractivity contribution < 1.29 is 0 Å². The summed E-state index contributed by atoms with van der Waals surface area (Å²) in [6.07, 6.45) is 6.39. The van der Waals surface area contributed by atoms with E-state index in [1.165, 1.54) is 43.2 Å². The van der Waals surface area contributed by atoms with Crippen LogP contribution in [-0.4, -0.2) is 31.0 Å². The van der Waals surface area contributed by atoms with Crippen LogP contribution in [0.4, 0.5) is 0 Å². The molecule has 4 nitrogen and oxygen atoms in total. The Morgan fingerprint density at radius 1 is 1.19 bits per heavy atom. The topological polar surface area (TPSA) is 53.6 Å². The maximum absolute atomic E-state index is 6.03. The van der Waals surface area contributed by atoms with Crippen molar-refractivity contribution in [1.82, 2.24) is 10.2 Å². The fraction of sp³-hybridized carbons (Fsp3) is 0.588. The van der Waals surface area contributed by atoms with Gasteiger partial charge in [-0.25, -0.2) is 4.99 Å². The van der Waals surface area contributed by atoms with Crippen LogP contribution in [0.25, 0.3) is 0 Å². The zero-order chi connectivity index (χ0) is 15.1. The summed E-state index contributed by atoms with van der Waals surface area (Å²) < 4.78 is 0. The van der Waals surface area contributed by atoms with E-state index in [-0.39, 0.29) is 0 Å². The number of nitrogens with two attached hydrogens (primary N) is 1. The second kappa shape index (κ2) is 8.03. The molecule has 0 spiro atoms. The lowest BCUT2D eigenvalue weighted by atomic mass is 9.96. The number of hydrogen-bond donors (Lipinski definition) is 2. The highest BCUT2D eigenvalue weighted by molar-refractivity contribution is 5.78. The Hall–Kier alpha value is -1.55. The summed E-state index contributed by atoms with van der Waals surface area (Å²) in [5.41, 5.74) is 8.60. The van der Waals surface area contributed by atoms with Crippen LogP contribution in [0.15, 0.2) is 29.3 Å². The van der Waals surface area contributed by atoms with Crippen LogP contribution in [0.1, 0.15) is 43.2 Å². The van der Waals surface area contributed by atoms with Crippen molar-refractivity contribution in [2.75, 3.05) is 14.1 Å². The maximum atomic E-state index is 6.03. The largest absolute Gasteiger partial charge is 0.370 e. The third kappa shape index (κ3) is 5.38. The van der Waals surface area contributed by atoms with E-state index in [0.29, 0.717) is 18.5 Å². The fourth-order valence-electron chi connectivity index (χ4n) is 2.88. The van der Waals surface area contributed by atoms with Crippen LogP contribution >= 0.6 is 0 Å². The molecule has 4 heteroatoms. The highest BCUT2D eigenvalue weighted by atomic mass is 15.1. The summed E-state index contributed by atoms with van der Waals surface area (Å²) in [6, 6.07) is 8.95. The summed E-state index contributed by atoms with van der Waals surface area (Å²) in [7, 11) is 4.16. The Labute approximate surface area is 128 Å². The number of rotatable bonds is 5. The zero-order valence-corrected chi connectivity index (χ0v) is 13.3. The fourth-order valence-corrected chi connectivity index (χ4v) is 2.88. The summed E-state index contributed by atoms with van der Waals surface area (Å²) in [4.78, 5) is 6.69. The van der Waals surface area contributed by atoms with Gasteiger partial charge < -0.3 is 16.0 Å². The van der Waals surface area contributed by atoms with Crippen molar-refractivity contribution >= 4 is 5.96 Å². The number of guanidine groups is 1. The average Bonchev–Trinajstić information content (AvgIpc) is 2.47. The Morgan fingerprint density at radius 3 is 2.52 bits per heavy atom. The molecule has 1 aromatic carbocycles. The predicted molar refractivity (Wildman–Crippen MR) is 89.2 cm³/mol. The van der Waals surface area contributed by atoms with E-state index in [4.69, 9.17) is 5.73 Å². The van der Waals surface area contributed by atoms with Crippen LogP contribution in [-0.2, 0) is 13.1 Å². The van der Waals surface area contributed by atoms with E-state index >= 15 is 0 Å². The van der Waals surface area contributed by atoms with Gasteiger partial charge in [0.15, 0.2) is 5.96 Å². The van der Waals surface area contributed by atoms with Gasteiger partial charge in [-0.05, 0) is 38.1 Å². The molecule has 0 aliphatic heterocycles. The third-order valence-corrected chi connectivity index (χ3v) is 3.98. The molecular weight excluding hydrogens is 260 g/mol. The van der Waals surface area contributed by atoms with Crippen molar-refractivity contribution in [1.29, 1.82) is 0 Å². The first-order valence-electron chi connectivity index (χ1n) is 7.93. The molecule has 0 saturated heterocycles. The summed E-state index contributed by atoms with van der Waals surface area (Å²) in [6.45, 7) is 1.58. The van der Waals surface area contributed by atoms with Crippen LogP contribution in [0.2, 0.25) is 0 Å². The van der Waals surface area contributed by atoms with Crippen molar-refractivity contribution in [3.8, 4) is 0 Å². The molecule has 0 atom stereocenters. The van der Waals surface area contributed by atoms with Crippen molar-refractivity contribution in [3.63, 3.8) is 0 Å². The van der Waals surface area contributed by atoms with Gasteiger partial charge in [0.05, 0.1) is 6.54 Å². The summed E-state index contributed by atoms with van der Waals surface area (Å²) >= 11 is 0. The van der Waals surface area contributed by atoms with Gasteiger partial charge in [0.25, 0.3) is 0 Å². The van der Waals surface area contributed by atoms with Gasteiger partial charge in [0.1, 0.15) is 0 Å². The molecule has 1 aliphatic rings. The number of nitrogens with one attached hydrogen (secondary N) is 1. The average molecular weight is 288 g/mol. The van der Waals surface area contributed by atoms with Gasteiger partial charge in [0.2, 0.25) is 0 Å². The van der Waals surface area contributed by atoms with Crippen LogP contribution in [0.5, 0.6) is 0 Å². The Bertz CT molecular complexity index is 462. The third-order valence-electron chi connectivity index (χ3n) is 3.98. The molecule has 2 rings (SSSR count). The van der Waals surface area contributed by atoms with Gasteiger partial charge in [-0.1, -0.05) is 43.5 Å². The minimum Gasteiger partial charge on any atom is -0.370 e. The van der Waals surface area contributed by atoms with Gasteiger partial charge >= 0.3 is 0 Å². The van der Waals surface area contributed by atoms with Gasteiger partial charge in [0, 0.05) is 12.6 Å². The van der Waals surface area contributed by atoms with Crippen LogP contribution in [0, 0.1) is 0 Å². The number of hydrogen-bond acceptors (Lipinski definition) is 2. The maximum Gasteiger partial charge on any atom is 0.189 e. The molecular formula is C17H28N4. The molecule has 1 aromatic rings. The van der Waals surface area contributed by atoms with E-state index in [0.717, 1.165) is 6.54 Å². The molecule has 0 unspecified atom stereocenters. The number of benzene rings is 1. The molecule has 116 valence electrons. The molecule has 0 bridgehead atoms. The quantitative estimate of drug-likeness (QED) is 0.646. The van der Waals surface area contributed by atoms with E-state index in [1.807, 2.05) is 0 Å². The molecule has 1 fully saturated rings. The Balaban J connectivity index is 1.92. The molecule has 21 heavy (non-hydrogen) atoms. The second-order valence-corrected chi connectivity index (χ2v) is 6.19. The molecule has 0 radical (unpaired) electrons. The first-order valence-corrected chi connectivity index (χ1v) is 7.93. The SMILES string of the molecule is CN(C)Cc1ccccc1CN=C(N)NC1CCCCC1. The summed E-state index contributed by atoms with van der Waals surface area (Å²) in [5, 5.41) is 3.37. The highest BCUT2D eigenvalue weighted by Crippen LogP contribution is 2.17. The molecule has 0 amide bonds. The van der Waals surface area contributed by atoms with Gasteiger partial charge in [-0.15, -0.1) is 0 Å². The first kappa shape index (κ1) is 15.8. The van der Waals surface area contributed by atoms with Gasteiger partial charge in [-0.2, -0.15) is 0 Å². The Kier molecular flexibility index (Phi) is 6.05. The van der Waals surface area contributed by atoms with E-state index < -0.39 is 0 Å². The zero-order valence-electron chi connectivity index (χ0n) is 13.3. The minimum absolute atomic E-state index is 0.513. The van der Waals surface area contributed by atoms with Crippen molar-refractivity contribution in [2.24, 2.45) is 10.7 Å². The lowest BCUT2D eigenvalue weighted by Gasteiger charge is -2.23. The number of aliphatic imine (C=N–C) groups is 1. The summed E-state index contributed by atoms with van der Waals surface area (Å²) in [5.74, 6) is 0.585. The van der Waals surface area contributed by atoms with E-state index in [2.05, 4.69) is 53.6 Å². The second-order valence-electron chi connectivity index (χ2n) is 6.19. The monoisotopic (exact) mass is 288 g/mol. The van der Waals surface area contributed by atoms with E-state index in [9.17, 15) is 0 Å². The lowest BCUT2D eigenvalue weighted by Crippen LogP contribution is -2.41. The molecule has 0 aromatic heterocycles. The van der Waals surface area contributed by atoms with Crippen molar-refractivity contribution in [3.05, 3.63) is 35.4 Å². The van der Waals surface area contributed by atoms with Crippen LogP contribution < -0.4 is 11.1 Å². The molecule has 1 aliphatic carbocycles. The van der Waals surface area contributed by atoms with Crippen molar-refractivity contribution in [2.45, 2.75) is 51.2 Å². The molecule has 1 saturated carbocycles. The van der Waals surface area contributed by atoms with Crippen LogP contribution in [0.3, 0.4) is 0 Å². The molecule has 3 N–H and O–H groups in total. The normalized spacial score (nSPS) is 17.2. The minimum atomic E-state index is 0.513. The molecule has 0 heterocycles. The van der Waals surface area contributed by atoms with E-state index in [1.54, 1.807) is 0 Å². The Morgan fingerprint density at radius 2 is 1.86 bits per heavy atom. The lowest BCUT2D eigenvalue weighted by molar-refractivity contribution is 0.401. The first-order chi connectivity index (χ1) is 10.1. The van der Waals surface area contributed by atoms with Gasteiger partial charge in [-0.3, -0.25) is 0 Å². The highest BCUT2D eigenvalue weighted by Gasteiger charge is 2.13. The smallest absolute Gasteiger partial charge is 0.189 e. The number of nitrogens with zero attached hydrogens (tertiary/aromatic N) is 2.